The summed E-state index contributed by atoms with van der Waals surface area (Å²) >= 11 is 3.70. The zero-order chi connectivity index (χ0) is 9.19. The number of rotatable bonds is 4. The minimum absolute atomic E-state index is 0.384. The van der Waals surface area contributed by atoms with Gasteiger partial charge in [0.15, 0.2) is 0 Å². The molecule has 72 valence electrons. The SMILES string of the molecule is CCCOC1CC(Br)C1(C)CC. The first-order chi connectivity index (χ1) is 5.65. The molecule has 3 atom stereocenters. The molecule has 0 spiro atoms. The third-order valence-electron chi connectivity index (χ3n) is 3.16. The van der Waals surface area contributed by atoms with Gasteiger partial charge in [-0.3, -0.25) is 0 Å². The van der Waals surface area contributed by atoms with Crippen molar-refractivity contribution < 1.29 is 4.74 Å². The molecule has 1 rings (SSSR count). The highest BCUT2D eigenvalue weighted by Crippen LogP contribution is 2.49. The van der Waals surface area contributed by atoms with E-state index in [1.807, 2.05) is 0 Å². The molecule has 2 heteroatoms. The maximum absolute atomic E-state index is 5.77. The van der Waals surface area contributed by atoms with Crippen LogP contribution >= 0.6 is 15.9 Å². The molecule has 3 unspecified atom stereocenters. The van der Waals surface area contributed by atoms with Crippen LogP contribution in [0.3, 0.4) is 0 Å². The Kier molecular flexibility index (Phi) is 3.59. The Morgan fingerprint density at radius 1 is 1.50 bits per heavy atom. The van der Waals surface area contributed by atoms with Crippen LogP contribution in [-0.2, 0) is 4.74 Å². The lowest BCUT2D eigenvalue weighted by Gasteiger charge is -2.51. The summed E-state index contributed by atoms with van der Waals surface area (Å²) in [5.41, 5.74) is 0.384. The highest BCUT2D eigenvalue weighted by atomic mass is 79.9. The first-order valence-electron chi connectivity index (χ1n) is 4.90. The van der Waals surface area contributed by atoms with Crippen molar-refractivity contribution in [3.8, 4) is 0 Å². The molecule has 0 radical (unpaired) electrons. The van der Waals surface area contributed by atoms with Crippen molar-refractivity contribution in [2.45, 2.75) is 51.0 Å². The van der Waals surface area contributed by atoms with Crippen LogP contribution in [0.4, 0.5) is 0 Å². The molecule has 0 aromatic rings. The van der Waals surface area contributed by atoms with Gasteiger partial charge < -0.3 is 4.74 Å². The van der Waals surface area contributed by atoms with Crippen molar-refractivity contribution in [2.75, 3.05) is 6.61 Å². The predicted octanol–water partition coefficient (Wildman–Crippen LogP) is 3.37. The van der Waals surface area contributed by atoms with E-state index in [1.54, 1.807) is 0 Å². The van der Waals surface area contributed by atoms with Crippen molar-refractivity contribution in [3.63, 3.8) is 0 Å². The van der Waals surface area contributed by atoms with E-state index in [0.717, 1.165) is 13.0 Å². The molecule has 1 saturated carbocycles. The second-order valence-corrected chi connectivity index (χ2v) is 5.03. The maximum atomic E-state index is 5.77. The van der Waals surface area contributed by atoms with Crippen LogP contribution in [0.25, 0.3) is 0 Å². The van der Waals surface area contributed by atoms with Gasteiger partial charge in [0.25, 0.3) is 0 Å². The van der Waals surface area contributed by atoms with Crippen LogP contribution in [0.2, 0.25) is 0 Å². The lowest BCUT2D eigenvalue weighted by Crippen LogP contribution is -2.53. The smallest absolute Gasteiger partial charge is 0.0650 e. The van der Waals surface area contributed by atoms with E-state index in [2.05, 4.69) is 36.7 Å². The Balaban J connectivity index is 2.37. The molecule has 0 heterocycles. The molecule has 0 aliphatic heterocycles. The van der Waals surface area contributed by atoms with Gasteiger partial charge in [0.05, 0.1) is 6.10 Å². The van der Waals surface area contributed by atoms with Gasteiger partial charge in [-0.2, -0.15) is 0 Å². The molecule has 0 amide bonds. The predicted molar refractivity (Wildman–Crippen MR) is 55.8 cm³/mol. The average Bonchev–Trinajstić information content (AvgIpc) is 2.10. The van der Waals surface area contributed by atoms with E-state index in [9.17, 15) is 0 Å². The Morgan fingerprint density at radius 2 is 2.17 bits per heavy atom. The molecular weight excluding hydrogens is 216 g/mol. The van der Waals surface area contributed by atoms with Crippen LogP contribution < -0.4 is 0 Å². The molecule has 0 bridgehead atoms. The summed E-state index contributed by atoms with van der Waals surface area (Å²) < 4.78 is 5.77. The highest BCUT2D eigenvalue weighted by molar-refractivity contribution is 9.09. The first kappa shape index (κ1) is 10.5. The molecule has 0 saturated heterocycles. The Bertz CT molecular complexity index is 149. The van der Waals surface area contributed by atoms with Crippen molar-refractivity contribution in [1.29, 1.82) is 0 Å². The second-order valence-electron chi connectivity index (χ2n) is 3.92. The van der Waals surface area contributed by atoms with Crippen molar-refractivity contribution in [1.82, 2.24) is 0 Å². The van der Waals surface area contributed by atoms with Crippen molar-refractivity contribution in [2.24, 2.45) is 5.41 Å². The van der Waals surface area contributed by atoms with Gasteiger partial charge in [-0.05, 0) is 19.3 Å². The minimum atomic E-state index is 0.384. The number of halogens is 1. The zero-order valence-corrected chi connectivity index (χ0v) is 9.86. The Morgan fingerprint density at radius 3 is 2.58 bits per heavy atom. The summed E-state index contributed by atoms with van der Waals surface area (Å²) in [5.74, 6) is 0. The van der Waals surface area contributed by atoms with E-state index < -0.39 is 0 Å². The molecule has 0 N–H and O–H groups in total. The summed E-state index contributed by atoms with van der Waals surface area (Å²) in [6.07, 6.45) is 4.01. The fourth-order valence-electron chi connectivity index (χ4n) is 1.74. The van der Waals surface area contributed by atoms with Gasteiger partial charge in [0, 0.05) is 16.8 Å². The zero-order valence-electron chi connectivity index (χ0n) is 8.27. The third-order valence-corrected chi connectivity index (χ3v) is 4.58. The summed E-state index contributed by atoms with van der Waals surface area (Å²) in [6.45, 7) is 7.64. The van der Waals surface area contributed by atoms with Gasteiger partial charge in [-0.15, -0.1) is 0 Å². The number of alkyl halides is 1. The fourth-order valence-corrected chi connectivity index (χ4v) is 2.69. The molecular formula is C10H19BrO. The number of hydrogen-bond acceptors (Lipinski definition) is 1. The summed E-state index contributed by atoms with van der Waals surface area (Å²) in [7, 11) is 0. The third kappa shape index (κ3) is 1.69. The normalized spacial score (nSPS) is 41.0. The molecule has 0 aromatic carbocycles. The van der Waals surface area contributed by atoms with Crippen LogP contribution in [0.1, 0.15) is 40.0 Å². The number of ether oxygens (including phenoxy) is 1. The molecule has 1 fully saturated rings. The van der Waals surface area contributed by atoms with E-state index in [0.29, 0.717) is 16.3 Å². The standard InChI is InChI=1S/C10H19BrO/c1-4-6-12-9-7-8(11)10(9,3)5-2/h8-9H,4-7H2,1-3H3. The summed E-state index contributed by atoms with van der Waals surface area (Å²) in [5, 5.41) is 0. The molecule has 1 aliphatic carbocycles. The van der Waals surface area contributed by atoms with Gasteiger partial charge in [-0.25, -0.2) is 0 Å². The molecule has 1 aliphatic rings. The lowest BCUT2D eigenvalue weighted by molar-refractivity contribution is -0.0957. The van der Waals surface area contributed by atoms with Crippen LogP contribution in [0.15, 0.2) is 0 Å². The largest absolute Gasteiger partial charge is 0.378 e. The van der Waals surface area contributed by atoms with Gasteiger partial charge in [0.2, 0.25) is 0 Å². The van der Waals surface area contributed by atoms with E-state index in [4.69, 9.17) is 4.74 Å². The Labute approximate surface area is 84.0 Å². The highest BCUT2D eigenvalue weighted by Gasteiger charge is 2.49. The van der Waals surface area contributed by atoms with Crippen LogP contribution in [-0.4, -0.2) is 17.5 Å². The second kappa shape index (κ2) is 4.10. The Hall–Kier alpha value is 0.440. The van der Waals surface area contributed by atoms with Crippen molar-refractivity contribution in [3.05, 3.63) is 0 Å². The van der Waals surface area contributed by atoms with E-state index >= 15 is 0 Å². The summed E-state index contributed by atoms with van der Waals surface area (Å²) in [4.78, 5) is 0.664. The lowest BCUT2D eigenvalue weighted by atomic mass is 9.66. The number of hydrogen-bond donors (Lipinski definition) is 0. The molecule has 0 aromatic heterocycles. The van der Waals surface area contributed by atoms with Crippen LogP contribution in [0, 0.1) is 5.41 Å². The molecule has 12 heavy (non-hydrogen) atoms. The first-order valence-corrected chi connectivity index (χ1v) is 5.82. The summed E-state index contributed by atoms with van der Waals surface area (Å²) in [6, 6.07) is 0. The topological polar surface area (TPSA) is 9.23 Å². The minimum Gasteiger partial charge on any atom is -0.378 e. The fraction of sp³-hybridized carbons (Fsp3) is 1.00. The van der Waals surface area contributed by atoms with Gasteiger partial charge >= 0.3 is 0 Å². The van der Waals surface area contributed by atoms with E-state index in [1.165, 1.54) is 12.8 Å². The van der Waals surface area contributed by atoms with Gasteiger partial charge in [-0.1, -0.05) is 36.7 Å². The van der Waals surface area contributed by atoms with Crippen molar-refractivity contribution >= 4 is 15.9 Å². The van der Waals surface area contributed by atoms with Gasteiger partial charge in [0.1, 0.15) is 0 Å². The average molecular weight is 235 g/mol. The maximum Gasteiger partial charge on any atom is 0.0650 e. The molecule has 1 nitrogen and oxygen atoms in total. The van der Waals surface area contributed by atoms with E-state index in [-0.39, 0.29) is 0 Å². The van der Waals surface area contributed by atoms with Crippen LogP contribution in [0.5, 0.6) is 0 Å². The monoisotopic (exact) mass is 234 g/mol. The quantitative estimate of drug-likeness (QED) is 0.679.